The molecule has 0 aromatic rings. The van der Waals surface area contributed by atoms with Gasteiger partial charge in [-0.05, 0) is 47.0 Å². The van der Waals surface area contributed by atoms with Gasteiger partial charge in [-0.25, -0.2) is 0 Å². The number of nitrogens with zero attached hydrogens (tertiary/aromatic N) is 1. The van der Waals surface area contributed by atoms with Gasteiger partial charge in [-0.1, -0.05) is 0 Å². The minimum atomic E-state index is 0.113. The number of rotatable bonds is 7. The molecule has 14 heavy (non-hydrogen) atoms. The molecule has 0 bridgehead atoms. The fraction of sp³-hybridized carbons (Fsp3) is 0.900. The molecule has 1 amide bonds. The number of nitrogens with one attached hydrogen (secondary N) is 1. The second kappa shape index (κ2) is 7.76. The van der Waals surface area contributed by atoms with Crippen LogP contribution in [-0.4, -0.2) is 44.0 Å². The summed E-state index contributed by atoms with van der Waals surface area (Å²) in [6.07, 6.45) is 2.30. The average Bonchev–Trinajstić information content (AvgIpc) is 2.11. The minimum absolute atomic E-state index is 0.113. The highest BCUT2D eigenvalue weighted by Gasteiger charge is 2.06. The van der Waals surface area contributed by atoms with Gasteiger partial charge in [0.1, 0.15) is 0 Å². The van der Waals surface area contributed by atoms with Crippen LogP contribution in [0.4, 0.5) is 0 Å². The van der Waals surface area contributed by atoms with Crippen molar-refractivity contribution in [2.24, 2.45) is 5.73 Å². The lowest BCUT2D eigenvalue weighted by Crippen LogP contribution is -2.34. The van der Waals surface area contributed by atoms with Gasteiger partial charge in [0, 0.05) is 12.5 Å². The predicted molar refractivity (Wildman–Crippen MR) is 59.1 cm³/mol. The SMILES string of the molecule is CC(CCN(C)C)NC(=O)CCCN. The summed E-state index contributed by atoms with van der Waals surface area (Å²) < 4.78 is 0. The van der Waals surface area contributed by atoms with E-state index >= 15 is 0 Å². The first kappa shape index (κ1) is 13.4. The highest BCUT2D eigenvalue weighted by atomic mass is 16.1. The largest absolute Gasteiger partial charge is 0.354 e. The van der Waals surface area contributed by atoms with Gasteiger partial charge in [0.2, 0.25) is 5.91 Å². The minimum Gasteiger partial charge on any atom is -0.354 e. The van der Waals surface area contributed by atoms with Gasteiger partial charge in [-0.15, -0.1) is 0 Å². The number of hydrogen-bond donors (Lipinski definition) is 2. The van der Waals surface area contributed by atoms with Crippen LogP contribution in [0.1, 0.15) is 26.2 Å². The third kappa shape index (κ3) is 8.01. The van der Waals surface area contributed by atoms with Gasteiger partial charge in [0.15, 0.2) is 0 Å². The predicted octanol–water partition coefficient (Wildman–Crippen LogP) is 0.182. The molecular weight excluding hydrogens is 178 g/mol. The summed E-state index contributed by atoms with van der Waals surface area (Å²) in [4.78, 5) is 13.4. The van der Waals surface area contributed by atoms with Crippen molar-refractivity contribution in [3.8, 4) is 0 Å². The summed E-state index contributed by atoms with van der Waals surface area (Å²) >= 11 is 0. The van der Waals surface area contributed by atoms with Gasteiger partial charge in [-0.3, -0.25) is 4.79 Å². The van der Waals surface area contributed by atoms with E-state index in [2.05, 4.69) is 10.2 Å². The molecule has 0 spiro atoms. The number of hydrogen-bond acceptors (Lipinski definition) is 3. The molecule has 3 N–H and O–H groups in total. The summed E-state index contributed by atoms with van der Waals surface area (Å²) in [6, 6.07) is 0.252. The first-order chi connectivity index (χ1) is 6.56. The highest BCUT2D eigenvalue weighted by molar-refractivity contribution is 5.76. The molecule has 0 aliphatic heterocycles. The first-order valence-electron chi connectivity index (χ1n) is 5.20. The van der Waals surface area contributed by atoms with Gasteiger partial charge >= 0.3 is 0 Å². The maximum atomic E-state index is 11.3. The smallest absolute Gasteiger partial charge is 0.220 e. The Kier molecular flexibility index (Phi) is 7.42. The van der Waals surface area contributed by atoms with Crippen LogP contribution in [0.25, 0.3) is 0 Å². The lowest BCUT2D eigenvalue weighted by molar-refractivity contribution is -0.121. The number of nitrogens with two attached hydrogens (primary N) is 1. The summed E-state index contributed by atoms with van der Waals surface area (Å²) in [7, 11) is 4.06. The molecule has 0 heterocycles. The average molecular weight is 201 g/mol. The molecule has 0 aliphatic carbocycles. The van der Waals surface area contributed by atoms with Crippen molar-refractivity contribution < 1.29 is 4.79 Å². The van der Waals surface area contributed by atoms with E-state index in [0.717, 1.165) is 19.4 Å². The molecule has 4 heteroatoms. The van der Waals surface area contributed by atoms with Gasteiger partial charge in [0.25, 0.3) is 0 Å². The van der Waals surface area contributed by atoms with Gasteiger partial charge < -0.3 is 16.0 Å². The Bertz CT molecular complexity index is 159. The van der Waals surface area contributed by atoms with E-state index in [1.165, 1.54) is 0 Å². The summed E-state index contributed by atoms with van der Waals surface area (Å²) in [5.41, 5.74) is 5.32. The third-order valence-electron chi connectivity index (χ3n) is 2.02. The van der Waals surface area contributed by atoms with Crippen LogP contribution < -0.4 is 11.1 Å². The van der Waals surface area contributed by atoms with Crippen LogP contribution in [0.15, 0.2) is 0 Å². The molecule has 1 atom stereocenters. The zero-order chi connectivity index (χ0) is 11.0. The van der Waals surface area contributed by atoms with Crippen molar-refractivity contribution in [2.75, 3.05) is 27.2 Å². The number of carbonyl (C=O) groups is 1. The summed E-state index contributed by atoms with van der Waals surface area (Å²) in [5, 5.41) is 2.95. The van der Waals surface area contributed by atoms with E-state index in [0.29, 0.717) is 13.0 Å². The Morgan fingerprint density at radius 3 is 2.64 bits per heavy atom. The molecule has 4 nitrogen and oxygen atoms in total. The second-order valence-corrected chi connectivity index (χ2v) is 3.95. The van der Waals surface area contributed by atoms with Crippen LogP contribution >= 0.6 is 0 Å². The van der Waals surface area contributed by atoms with Crippen LogP contribution in [0.5, 0.6) is 0 Å². The van der Waals surface area contributed by atoms with E-state index in [4.69, 9.17) is 5.73 Å². The first-order valence-corrected chi connectivity index (χ1v) is 5.20. The summed E-state index contributed by atoms with van der Waals surface area (Å²) in [6.45, 7) is 3.61. The Labute approximate surface area is 86.8 Å². The molecule has 1 unspecified atom stereocenters. The van der Waals surface area contributed by atoms with E-state index in [1.807, 2.05) is 21.0 Å². The maximum absolute atomic E-state index is 11.3. The Morgan fingerprint density at radius 2 is 2.14 bits per heavy atom. The topological polar surface area (TPSA) is 58.4 Å². The van der Waals surface area contributed by atoms with E-state index < -0.39 is 0 Å². The van der Waals surface area contributed by atoms with Crippen molar-refractivity contribution in [3.05, 3.63) is 0 Å². The Morgan fingerprint density at radius 1 is 1.50 bits per heavy atom. The van der Waals surface area contributed by atoms with E-state index in [9.17, 15) is 4.79 Å². The van der Waals surface area contributed by atoms with Gasteiger partial charge in [0.05, 0.1) is 0 Å². The molecule has 0 aromatic heterocycles. The standard InChI is InChI=1S/C10H23N3O/c1-9(6-8-13(2)3)12-10(14)5-4-7-11/h9H,4-8,11H2,1-3H3,(H,12,14). The molecular formula is C10H23N3O. The number of amides is 1. The van der Waals surface area contributed by atoms with Gasteiger partial charge in [-0.2, -0.15) is 0 Å². The fourth-order valence-electron chi connectivity index (χ4n) is 1.13. The van der Waals surface area contributed by atoms with Crippen LogP contribution in [-0.2, 0) is 4.79 Å². The molecule has 0 saturated heterocycles. The van der Waals surface area contributed by atoms with Crippen molar-refractivity contribution in [2.45, 2.75) is 32.2 Å². The highest BCUT2D eigenvalue weighted by Crippen LogP contribution is 1.94. The maximum Gasteiger partial charge on any atom is 0.220 e. The van der Waals surface area contributed by atoms with E-state index in [-0.39, 0.29) is 11.9 Å². The number of carbonyl (C=O) groups excluding carboxylic acids is 1. The van der Waals surface area contributed by atoms with Crippen molar-refractivity contribution in [1.82, 2.24) is 10.2 Å². The fourth-order valence-corrected chi connectivity index (χ4v) is 1.13. The van der Waals surface area contributed by atoms with Crippen LogP contribution in [0.2, 0.25) is 0 Å². The molecule has 0 saturated carbocycles. The van der Waals surface area contributed by atoms with Crippen molar-refractivity contribution in [3.63, 3.8) is 0 Å². The molecule has 0 rings (SSSR count). The zero-order valence-corrected chi connectivity index (χ0v) is 9.55. The molecule has 0 aromatic carbocycles. The van der Waals surface area contributed by atoms with Crippen LogP contribution in [0.3, 0.4) is 0 Å². The van der Waals surface area contributed by atoms with Crippen molar-refractivity contribution >= 4 is 5.91 Å². The van der Waals surface area contributed by atoms with E-state index in [1.54, 1.807) is 0 Å². The zero-order valence-electron chi connectivity index (χ0n) is 9.55. The quantitative estimate of drug-likeness (QED) is 0.618. The molecule has 84 valence electrons. The molecule has 0 aliphatic rings. The lowest BCUT2D eigenvalue weighted by atomic mass is 10.2. The normalized spacial score (nSPS) is 12.9. The second-order valence-electron chi connectivity index (χ2n) is 3.95. The van der Waals surface area contributed by atoms with Crippen molar-refractivity contribution in [1.29, 1.82) is 0 Å². The third-order valence-corrected chi connectivity index (χ3v) is 2.02. The lowest BCUT2D eigenvalue weighted by Gasteiger charge is -2.16. The summed E-state index contributed by atoms with van der Waals surface area (Å²) in [5.74, 6) is 0.113. The monoisotopic (exact) mass is 201 g/mol. The van der Waals surface area contributed by atoms with Crippen LogP contribution in [0, 0.1) is 0 Å². The molecule has 0 radical (unpaired) electrons. The Hall–Kier alpha value is -0.610. The Balaban J connectivity index is 3.50. The molecule has 0 fully saturated rings.